The Kier molecular flexibility index (Phi) is 7.76. The van der Waals surface area contributed by atoms with Crippen molar-refractivity contribution in [2.75, 3.05) is 26.0 Å². The van der Waals surface area contributed by atoms with Crippen LogP contribution in [0, 0.1) is 0 Å². The molecule has 1 aromatic rings. The van der Waals surface area contributed by atoms with Crippen LogP contribution < -0.4 is 0 Å². The van der Waals surface area contributed by atoms with Gasteiger partial charge in [-0.15, -0.1) is 0 Å². The molecule has 0 aliphatic carbocycles. The molecule has 1 aromatic carbocycles. The lowest BCUT2D eigenvalue weighted by molar-refractivity contribution is -0.138. The minimum absolute atomic E-state index is 0.00993. The number of benzene rings is 1. The number of aromatic carboxylic acids is 1. The third-order valence-electron chi connectivity index (χ3n) is 4.77. The summed E-state index contributed by atoms with van der Waals surface area (Å²) >= 11 is 0. The molecule has 1 saturated heterocycles. The Hall–Kier alpha value is -2.12. The van der Waals surface area contributed by atoms with E-state index in [-0.39, 0.29) is 17.7 Å². The van der Waals surface area contributed by atoms with E-state index in [2.05, 4.69) is 6.58 Å². The van der Waals surface area contributed by atoms with Crippen LogP contribution in [0.2, 0.25) is 0 Å². The molecule has 1 atom stereocenters. The fourth-order valence-corrected chi connectivity index (χ4v) is 5.43. The monoisotopic (exact) mass is 460 g/mol. The molecule has 2 rings (SSSR count). The van der Waals surface area contributed by atoms with E-state index in [1.807, 2.05) is 4.90 Å². The summed E-state index contributed by atoms with van der Waals surface area (Å²) in [6, 6.07) is 1.88. The summed E-state index contributed by atoms with van der Waals surface area (Å²) in [6.07, 6.45) is -1.95. The molecule has 0 saturated carbocycles. The van der Waals surface area contributed by atoms with E-state index in [0.29, 0.717) is 18.9 Å². The number of nitrogens with zero attached hydrogens (tertiary/aromatic N) is 2. The second-order valence-electron chi connectivity index (χ2n) is 8.38. The van der Waals surface area contributed by atoms with Crippen LogP contribution in [0.15, 0.2) is 18.7 Å². The Balaban J connectivity index is 2.28. The van der Waals surface area contributed by atoms with Gasteiger partial charge in [0, 0.05) is 28.0 Å². The lowest BCUT2D eigenvalue weighted by Crippen LogP contribution is -2.38. The van der Waals surface area contributed by atoms with Gasteiger partial charge in [0.25, 0.3) is 0 Å². The molecule has 1 heterocycles. The van der Waals surface area contributed by atoms with Crippen LogP contribution in [0.25, 0.3) is 6.08 Å². The highest BCUT2D eigenvalue weighted by Gasteiger charge is 2.36. The Morgan fingerprint density at radius 3 is 2.48 bits per heavy atom. The van der Waals surface area contributed by atoms with Crippen molar-refractivity contribution in [3.63, 3.8) is 0 Å². The summed E-state index contributed by atoms with van der Waals surface area (Å²) in [5.41, 5.74) is -1.91. The van der Waals surface area contributed by atoms with Crippen molar-refractivity contribution in [1.82, 2.24) is 9.57 Å². The van der Waals surface area contributed by atoms with Gasteiger partial charge in [-0.2, -0.15) is 13.2 Å². The number of carbonyl (C=O) groups excluding carboxylic acids is 1. The zero-order chi connectivity index (χ0) is 23.6. The summed E-state index contributed by atoms with van der Waals surface area (Å²) in [7, 11) is 0.709. The van der Waals surface area contributed by atoms with Crippen LogP contribution in [0.3, 0.4) is 0 Å². The standard InChI is InChI=1S/C21H28F3N2O4P/c1-6-14-10-15(18(27)28)11-17(21(22,23)24)16(14)12-26-8-7-9-31(13-26)25(5)19(29)30-20(2,3)4/h6,10-11H,1,7-9,12-13H2,2-5H3,(H,27,28)/t31-/m1/s1. The van der Waals surface area contributed by atoms with Crippen molar-refractivity contribution in [2.24, 2.45) is 0 Å². The smallest absolute Gasteiger partial charge is 0.416 e. The maximum atomic E-state index is 13.7. The first-order valence-corrected chi connectivity index (χ1v) is 11.4. The minimum Gasteiger partial charge on any atom is -0.478 e. The highest BCUT2D eigenvalue weighted by atomic mass is 31.1. The number of ether oxygens (including phenoxy) is 1. The van der Waals surface area contributed by atoms with E-state index < -0.39 is 43.0 Å². The highest BCUT2D eigenvalue weighted by Crippen LogP contribution is 2.45. The lowest BCUT2D eigenvalue weighted by atomic mass is 9.96. The number of amides is 1. The van der Waals surface area contributed by atoms with Crippen LogP contribution >= 0.6 is 8.07 Å². The molecule has 1 N–H and O–H groups in total. The van der Waals surface area contributed by atoms with Crippen LogP contribution in [0.1, 0.15) is 54.2 Å². The Labute approximate surface area is 181 Å². The third kappa shape index (κ3) is 6.68. The first-order valence-electron chi connectivity index (χ1n) is 9.76. The highest BCUT2D eigenvalue weighted by molar-refractivity contribution is 7.55. The van der Waals surface area contributed by atoms with Gasteiger partial charge in [0.2, 0.25) is 0 Å². The number of hydrogen-bond acceptors (Lipinski definition) is 4. The van der Waals surface area contributed by atoms with Crippen molar-refractivity contribution in [2.45, 2.75) is 45.5 Å². The Bertz CT molecular complexity index is 852. The molecular weight excluding hydrogens is 432 g/mol. The number of hydrogen-bond donors (Lipinski definition) is 1. The average molecular weight is 460 g/mol. The van der Waals surface area contributed by atoms with Crippen molar-refractivity contribution in [3.8, 4) is 0 Å². The molecule has 0 unspecified atom stereocenters. The minimum atomic E-state index is -4.70. The second kappa shape index (κ2) is 9.57. The maximum absolute atomic E-state index is 13.7. The van der Waals surface area contributed by atoms with Crippen LogP contribution in [0.5, 0.6) is 0 Å². The maximum Gasteiger partial charge on any atom is 0.416 e. The molecular formula is C21H28F3N2O4P. The fourth-order valence-electron chi connectivity index (χ4n) is 3.32. The van der Waals surface area contributed by atoms with Gasteiger partial charge in [-0.3, -0.25) is 9.57 Å². The first-order chi connectivity index (χ1) is 14.2. The number of carboxylic acid groups (broad SMARTS) is 1. The molecule has 0 aromatic heterocycles. The molecule has 1 fully saturated rings. The molecule has 172 valence electrons. The molecule has 1 amide bonds. The van der Waals surface area contributed by atoms with Gasteiger partial charge < -0.3 is 9.84 Å². The SMILES string of the molecule is C=Cc1cc(C(=O)O)cc(C(F)(F)F)c1CN1CCC[P@@](N(C)C(=O)OC(C)(C)C)C1. The van der Waals surface area contributed by atoms with Crippen molar-refractivity contribution < 1.29 is 32.6 Å². The summed E-state index contributed by atoms with van der Waals surface area (Å²) in [4.78, 5) is 25.5. The van der Waals surface area contributed by atoms with Crippen LogP contribution in [0.4, 0.5) is 18.0 Å². The zero-order valence-corrected chi connectivity index (χ0v) is 19.0. The van der Waals surface area contributed by atoms with Gasteiger partial charge in [-0.25, -0.2) is 9.59 Å². The van der Waals surface area contributed by atoms with Gasteiger partial charge in [0.05, 0.1) is 11.1 Å². The van der Waals surface area contributed by atoms with E-state index >= 15 is 0 Å². The van der Waals surface area contributed by atoms with Crippen LogP contribution in [-0.2, 0) is 17.5 Å². The van der Waals surface area contributed by atoms with Gasteiger partial charge >= 0.3 is 18.2 Å². The topological polar surface area (TPSA) is 70.1 Å². The predicted molar refractivity (Wildman–Crippen MR) is 114 cm³/mol. The molecule has 6 nitrogen and oxygen atoms in total. The average Bonchev–Trinajstić information content (AvgIpc) is 2.65. The molecule has 0 radical (unpaired) electrons. The second-order valence-corrected chi connectivity index (χ2v) is 10.7. The number of carboxylic acids is 1. The van der Waals surface area contributed by atoms with E-state index in [4.69, 9.17) is 4.74 Å². The van der Waals surface area contributed by atoms with Gasteiger partial charge in [0.1, 0.15) is 5.60 Å². The number of rotatable bonds is 5. The summed E-state index contributed by atoms with van der Waals surface area (Å²) in [5.74, 6) is -1.43. The van der Waals surface area contributed by atoms with E-state index in [1.165, 1.54) is 12.1 Å². The molecule has 1 aliphatic rings. The van der Waals surface area contributed by atoms with Crippen LogP contribution in [-0.4, -0.2) is 58.4 Å². The first kappa shape index (κ1) is 25.1. The normalized spacial score (nSPS) is 17.8. The molecule has 0 spiro atoms. The van der Waals surface area contributed by atoms with E-state index in [9.17, 15) is 27.9 Å². The summed E-state index contributed by atoms with van der Waals surface area (Å²) in [5, 5.41) is 9.18. The number of alkyl halides is 3. The van der Waals surface area contributed by atoms with Gasteiger partial charge in [-0.1, -0.05) is 12.7 Å². The largest absolute Gasteiger partial charge is 0.478 e. The number of halogens is 3. The van der Waals surface area contributed by atoms with E-state index in [0.717, 1.165) is 12.6 Å². The molecule has 10 heteroatoms. The summed E-state index contributed by atoms with van der Waals surface area (Å²) in [6.45, 7) is 9.45. The van der Waals surface area contributed by atoms with Crippen molar-refractivity contribution in [1.29, 1.82) is 0 Å². The van der Waals surface area contributed by atoms with E-state index in [1.54, 1.807) is 32.5 Å². The quantitative estimate of drug-likeness (QED) is 0.590. The third-order valence-corrected chi connectivity index (χ3v) is 7.34. The molecule has 0 bridgehead atoms. The van der Waals surface area contributed by atoms with Gasteiger partial charge in [-0.05, 0) is 63.2 Å². The Morgan fingerprint density at radius 1 is 1.32 bits per heavy atom. The van der Waals surface area contributed by atoms with Crippen molar-refractivity contribution in [3.05, 3.63) is 41.0 Å². The predicted octanol–water partition coefficient (Wildman–Crippen LogP) is 5.47. The number of carbonyl (C=O) groups is 2. The molecule has 31 heavy (non-hydrogen) atoms. The Morgan fingerprint density at radius 2 is 1.97 bits per heavy atom. The lowest BCUT2D eigenvalue weighted by Gasteiger charge is -2.38. The molecule has 1 aliphatic heterocycles. The summed E-state index contributed by atoms with van der Waals surface area (Å²) < 4.78 is 48.1. The fraction of sp³-hybridized carbons (Fsp3) is 0.524. The van der Waals surface area contributed by atoms with Gasteiger partial charge in [0.15, 0.2) is 0 Å². The zero-order valence-electron chi connectivity index (χ0n) is 18.1. The van der Waals surface area contributed by atoms with Crippen molar-refractivity contribution >= 4 is 26.2 Å².